The fourth-order valence-corrected chi connectivity index (χ4v) is 2.58. The molecule has 2 aromatic carbocycles. The lowest BCUT2D eigenvalue weighted by molar-refractivity contribution is 0.0693. The van der Waals surface area contributed by atoms with Crippen LogP contribution in [0.15, 0.2) is 30.3 Å². The van der Waals surface area contributed by atoms with E-state index >= 15 is 0 Å². The smallest absolute Gasteiger partial charge is 0.336 e. The van der Waals surface area contributed by atoms with Gasteiger partial charge in [-0.3, -0.25) is 0 Å². The van der Waals surface area contributed by atoms with Crippen LogP contribution in [0.4, 0.5) is 0 Å². The molecule has 0 amide bonds. The quantitative estimate of drug-likeness (QED) is 0.887. The number of rotatable bonds is 5. The number of aryl methyl sites for hydroxylation is 4. The Morgan fingerprint density at radius 1 is 1.09 bits per heavy atom. The van der Waals surface area contributed by atoms with Crippen molar-refractivity contribution >= 4 is 5.97 Å². The van der Waals surface area contributed by atoms with Crippen molar-refractivity contribution in [1.82, 2.24) is 0 Å². The highest BCUT2D eigenvalue weighted by Gasteiger charge is 2.14. The lowest BCUT2D eigenvalue weighted by Gasteiger charge is -2.15. The number of hydrogen-bond donors (Lipinski definition) is 1. The van der Waals surface area contributed by atoms with Crippen molar-refractivity contribution in [3.8, 4) is 5.75 Å². The average Bonchev–Trinajstić information content (AvgIpc) is 2.49. The van der Waals surface area contributed by atoms with E-state index in [1.807, 2.05) is 32.9 Å². The summed E-state index contributed by atoms with van der Waals surface area (Å²) in [5.41, 5.74) is 5.55. The van der Waals surface area contributed by atoms with Gasteiger partial charge in [-0.2, -0.15) is 0 Å². The van der Waals surface area contributed by atoms with Crippen LogP contribution in [0.3, 0.4) is 0 Å². The molecule has 0 heterocycles. The van der Waals surface area contributed by atoms with E-state index in [0.29, 0.717) is 5.56 Å². The number of carboxylic acid groups (broad SMARTS) is 1. The summed E-state index contributed by atoms with van der Waals surface area (Å²) in [5, 5.41) is 9.36. The van der Waals surface area contributed by atoms with Gasteiger partial charge in [-0.1, -0.05) is 25.1 Å². The van der Waals surface area contributed by atoms with Crippen molar-refractivity contribution in [1.29, 1.82) is 0 Å². The van der Waals surface area contributed by atoms with E-state index in [-0.39, 0.29) is 6.61 Å². The fourth-order valence-electron chi connectivity index (χ4n) is 2.58. The predicted octanol–water partition coefficient (Wildman–Crippen LogP) is 4.45. The van der Waals surface area contributed by atoms with Crippen LogP contribution in [0.1, 0.15) is 45.1 Å². The summed E-state index contributed by atoms with van der Waals surface area (Å²) in [6.45, 7) is 8.41. The van der Waals surface area contributed by atoms with E-state index in [0.717, 1.165) is 28.9 Å². The van der Waals surface area contributed by atoms with Crippen LogP contribution in [0, 0.1) is 20.8 Å². The molecule has 2 rings (SSSR count). The summed E-state index contributed by atoms with van der Waals surface area (Å²) < 4.78 is 5.93. The summed E-state index contributed by atoms with van der Waals surface area (Å²) >= 11 is 0. The van der Waals surface area contributed by atoms with Crippen LogP contribution < -0.4 is 4.74 Å². The van der Waals surface area contributed by atoms with E-state index in [2.05, 4.69) is 13.0 Å². The molecule has 0 aliphatic heterocycles. The molecule has 3 nitrogen and oxygen atoms in total. The molecule has 3 heteroatoms. The molecule has 0 bridgehead atoms. The second-order valence-electron chi connectivity index (χ2n) is 5.59. The maximum atomic E-state index is 11.4. The van der Waals surface area contributed by atoms with Crippen molar-refractivity contribution in [2.45, 2.75) is 40.7 Å². The van der Waals surface area contributed by atoms with Crippen molar-refractivity contribution in [3.63, 3.8) is 0 Å². The first-order valence-electron chi connectivity index (χ1n) is 7.48. The third-order valence-corrected chi connectivity index (χ3v) is 4.05. The summed E-state index contributed by atoms with van der Waals surface area (Å²) in [6.07, 6.45) is 0.783. The first-order valence-corrected chi connectivity index (χ1v) is 7.48. The lowest BCUT2D eigenvalue weighted by atomic mass is 9.99. The SMILES string of the molecule is CCc1cccc(C(=O)O)c1COc1cc(C)c(C)cc1C. The van der Waals surface area contributed by atoms with Crippen molar-refractivity contribution < 1.29 is 14.6 Å². The largest absolute Gasteiger partial charge is 0.489 e. The average molecular weight is 298 g/mol. The normalized spacial score (nSPS) is 10.5. The Labute approximate surface area is 131 Å². The molecule has 0 atom stereocenters. The van der Waals surface area contributed by atoms with Crippen LogP contribution in [0.5, 0.6) is 5.75 Å². The lowest BCUT2D eigenvalue weighted by Crippen LogP contribution is -2.09. The molecule has 0 radical (unpaired) electrons. The van der Waals surface area contributed by atoms with Gasteiger partial charge in [0.2, 0.25) is 0 Å². The van der Waals surface area contributed by atoms with Gasteiger partial charge in [-0.25, -0.2) is 4.79 Å². The molecule has 0 aliphatic rings. The molecule has 2 aromatic rings. The van der Waals surface area contributed by atoms with Crippen molar-refractivity contribution in [3.05, 3.63) is 63.7 Å². The van der Waals surface area contributed by atoms with Crippen molar-refractivity contribution in [2.75, 3.05) is 0 Å². The minimum absolute atomic E-state index is 0.273. The number of carboxylic acids is 1. The molecule has 0 aliphatic carbocycles. The Morgan fingerprint density at radius 3 is 2.41 bits per heavy atom. The monoisotopic (exact) mass is 298 g/mol. The zero-order valence-electron chi connectivity index (χ0n) is 13.6. The maximum absolute atomic E-state index is 11.4. The van der Waals surface area contributed by atoms with Crippen LogP contribution in [-0.2, 0) is 13.0 Å². The second-order valence-corrected chi connectivity index (χ2v) is 5.59. The Hall–Kier alpha value is -2.29. The van der Waals surface area contributed by atoms with Gasteiger partial charge in [0.1, 0.15) is 12.4 Å². The van der Waals surface area contributed by atoms with Gasteiger partial charge in [0.15, 0.2) is 0 Å². The first kappa shape index (κ1) is 16.1. The standard InChI is InChI=1S/C19H22O3/c1-5-15-7-6-8-16(19(20)21)17(15)11-22-18-10-13(3)12(2)9-14(18)4/h6-10H,5,11H2,1-4H3,(H,20,21). The topological polar surface area (TPSA) is 46.5 Å². The summed E-state index contributed by atoms with van der Waals surface area (Å²) in [4.78, 5) is 11.4. The van der Waals surface area contributed by atoms with Gasteiger partial charge in [0.05, 0.1) is 5.56 Å². The van der Waals surface area contributed by atoms with E-state index < -0.39 is 5.97 Å². The molecular formula is C19H22O3. The van der Waals surface area contributed by atoms with E-state index in [9.17, 15) is 9.90 Å². The third-order valence-electron chi connectivity index (χ3n) is 4.05. The highest BCUT2D eigenvalue weighted by atomic mass is 16.5. The minimum Gasteiger partial charge on any atom is -0.489 e. The zero-order valence-corrected chi connectivity index (χ0v) is 13.6. The first-order chi connectivity index (χ1) is 10.4. The van der Waals surface area contributed by atoms with Crippen LogP contribution >= 0.6 is 0 Å². The molecular weight excluding hydrogens is 276 g/mol. The minimum atomic E-state index is -0.911. The summed E-state index contributed by atoms with van der Waals surface area (Å²) in [5.74, 6) is -0.101. The molecule has 0 unspecified atom stereocenters. The number of carbonyl (C=O) groups is 1. The molecule has 0 fully saturated rings. The van der Waals surface area contributed by atoms with E-state index in [1.165, 1.54) is 11.1 Å². The van der Waals surface area contributed by atoms with Crippen LogP contribution in [-0.4, -0.2) is 11.1 Å². The Kier molecular flexibility index (Phi) is 4.86. The van der Waals surface area contributed by atoms with Gasteiger partial charge in [0, 0.05) is 5.56 Å². The molecule has 0 spiro atoms. The second kappa shape index (κ2) is 6.65. The predicted molar refractivity (Wildman–Crippen MR) is 87.8 cm³/mol. The molecule has 0 aromatic heterocycles. The van der Waals surface area contributed by atoms with Gasteiger partial charge in [0.25, 0.3) is 0 Å². The number of benzene rings is 2. The van der Waals surface area contributed by atoms with Crippen molar-refractivity contribution in [2.24, 2.45) is 0 Å². The van der Waals surface area contributed by atoms with Crippen LogP contribution in [0.25, 0.3) is 0 Å². The summed E-state index contributed by atoms with van der Waals surface area (Å²) in [7, 11) is 0. The maximum Gasteiger partial charge on any atom is 0.336 e. The highest BCUT2D eigenvalue weighted by molar-refractivity contribution is 5.89. The van der Waals surface area contributed by atoms with Gasteiger partial charge in [-0.15, -0.1) is 0 Å². The molecule has 1 N–H and O–H groups in total. The van der Waals surface area contributed by atoms with Crippen LogP contribution in [0.2, 0.25) is 0 Å². The zero-order chi connectivity index (χ0) is 16.3. The van der Waals surface area contributed by atoms with Gasteiger partial charge in [-0.05, 0) is 61.6 Å². The molecule has 22 heavy (non-hydrogen) atoms. The van der Waals surface area contributed by atoms with E-state index in [4.69, 9.17) is 4.74 Å². The molecule has 0 saturated heterocycles. The van der Waals surface area contributed by atoms with Gasteiger partial charge < -0.3 is 9.84 Å². The third kappa shape index (κ3) is 3.30. The van der Waals surface area contributed by atoms with Gasteiger partial charge >= 0.3 is 5.97 Å². The summed E-state index contributed by atoms with van der Waals surface area (Å²) in [6, 6.07) is 9.48. The number of ether oxygens (including phenoxy) is 1. The molecule has 116 valence electrons. The molecule has 0 saturated carbocycles. The Balaban J connectivity index is 2.32. The Bertz CT molecular complexity index is 702. The Morgan fingerprint density at radius 2 is 1.77 bits per heavy atom. The fraction of sp³-hybridized carbons (Fsp3) is 0.316. The van der Waals surface area contributed by atoms with E-state index in [1.54, 1.807) is 12.1 Å². The highest BCUT2D eigenvalue weighted by Crippen LogP contribution is 2.25. The number of hydrogen-bond acceptors (Lipinski definition) is 2. The number of aromatic carboxylic acids is 1.